The first-order valence-electron chi connectivity index (χ1n) is 12.0. The van der Waals surface area contributed by atoms with Crippen LogP contribution in [-0.2, 0) is 4.79 Å². The van der Waals surface area contributed by atoms with Crippen molar-refractivity contribution >= 4 is 5.78 Å². The minimum atomic E-state index is -0.494. The first-order valence-corrected chi connectivity index (χ1v) is 12.0. The largest absolute Gasteiger partial charge is 0.390 e. The average Bonchev–Trinajstić information content (AvgIpc) is 2.97. The number of carbonyl (C=O) groups is 1. The standard InChI is InChI=1S/C26H42O2/c1-17(6-7-18(2)27)21-10-11-22-20-9-8-19-16-24(3,28)14-15-25(19,4)23(20)12-13-26(21,22)5/h8,17,20-23,28H,6-7,9-16H2,1-5H3. The Morgan fingerprint density at radius 3 is 2.61 bits per heavy atom. The van der Waals surface area contributed by atoms with Gasteiger partial charge in [0.2, 0.25) is 0 Å². The molecular weight excluding hydrogens is 344 g/mol. The van der Waals surface area contributed by atoms with E-state index in [9.17, 15) is 9.90 Å². The van der Waals surface area contributed by atoms with E-state index in [2.05, 4.69) is 26.8 Å². The van der Waals surface area contributed by atoms with Gasteiger partial charge in [0.05, 0.1) is 5.60 Å². The minimum absolute atomic E-state index is 0.324. The Morgan fingerprint density at radius 2 is 1.89 bits per heavy atom. The van der Waals surface area contributed by atoms with Crippen LogP contribution < -0.4 is 0 Å². The maximum atomic E-state index is 11.5. The molecule has 0 spiro atoms. The third-order valence-electron chi connectivity index (χ3n) is 10.1. The normalized spacial score (nSPS) is 48.9. The van der Waals surface area contributed by atoms with Crippen molar-refractivity contribution in [2.24, 2.45) is 40.4 Å². The molecule has 1 N–H and O–H groups in total. The van der Waals surface area contributed by atoms with Crippen LogP contribution in [0.2, 0.25) is 0 Å². The molecule has 28 heavy (non-hydrogen) atoms. The van der Waals surface area contributed by atoms with E-state index in [0.717, 1.165) is 55.8 Å². The number of carbonyl (C=O) groups excluding carboxylic acids is 1. The molecule has 0 bridgehead atoms. The van der Waals surface area contributed by atoms with E-state index in [0.29, 0.717) is 22.5 Å². The molecule has 0 aromatic carbocycles. The van der Waals surface area contributed by atoms with Gasteiger partial charge in [0.15, 0.2) is 0 Å². The number of Topliss-reactive ketones (excluding diaryl/α,β-unsaturated/α-hetero) is 1. The van der Waals surface area contributed by atoms with Crippen molar-refractivity contribution in [1.82, 2.24) is 0 Å². The molecule has 0 aromatic rings. The molecule has 4 rings (SSSR count). The van der Waals surface area contributed by atoms with Gasteiger partial charge < -0.3 is 9.90 Å². The third-order valence-corrected chi connectivity index (χ3v) is 10.1. The third kappa shape index (κ3) is 3.22. The van der Waals surface area contributed by atoms with Crippen LogP contribution >= 0.6 is 0 Å². The van der Waals surface area contributed by atoms with Gasteiger partial charge >= 0.3 is 0 Å². The van der Waals surface area contributed by atoms with Crippen LogP contribution in [0.3, 0.4) is 0 Å². The molecule has 3 saturated carbocycles. The highest BCUT2D eigenvalue weighted by molar-refractivity contribution is 5.75. The second kappa shape index (κ2) is 6.96. The summed E-state index contributed by atoms with van der Waals surface area (Å²) in [6.07, 6.45) is 14.1. The summed E-state index contributed by atoms with van der Waals surface area (Å²) in [6, 6.07) is 0. The summed E-state index contributed by atoms with van der Waals surface area (Å²) in [5.74, 6) is 4.32. The highest BCUT2D eigenvalue weighted by Gasteiger charge is 2.59. The van der Waals surface area contributed by atoms with Crippen molar-refractivity contribution in [2.45, 2.75) is 104 Å². The van der Waals surface area contributed by atoms with Gasteiger partial charge in [-0.3, -0.25) is 0 Å². The SMILES string of the molecule is CC(=O)CCC(C)C1CCC2C3CC=C4CC(C)(O)CCC4(C)C3CCC12C. The summed E-state index contributed by atoms with van der Waals surface area (Å²) < 4.78 is 0. The van der Waals surface area contributed by atoms with Gasteiger partial charge in [-0.25, -0.2) is 0 Å². The summed E-state index contributed by atoms with van der Waals surface area (Å²) in [5, 5.41) is 10.6. The monoisotopic (exact) mass is 386 g/mol. The highest BCUT2D eigenvalue weighted by Crippen LogP contribution is 2.67. The Labute approximate surface area is 172 Å². The van der Waals surface area contributed by atoms with Crippen LogP contribution in [-0.4, -0.2) is 16.5 Å². The fourth-order valence-electron chi connectivity index (χ4n) is 8.41. The van der Waals surface area contributed by atoms with Crippen LogP contribution in [0.4, 0.5) is 0 Å². The van der Waals surface area contributed by atoms with E-state index >= 15 is 0 Å². The molecule has 2 nitrogen and oxygen atoms in total. The van der Waals surface area contributed by atoms with Gasteiger partial charge in [-0.1, -0.05) is 32.4 Å². The fourth-order valence-corrected chi connectivity index (χ4v) is 8.41. The Morgan fingerprint density at radius 1 is 1.14 bits per heavy atom. The lowest BCUT2D eigenvalue weighted by Gasteiger charge is -2.59. The Hall–Kier alpha value is -0.630. The summed E-state index contributed by atoms with van der Waals surface area (Å²) in [5.41, 5.74) is 1.87. The van der Waals surface area contributed by atoms with Gasteiger partial charge in [0, 0.05) is 6.42 Å². The predicted molar refractivity (Wildman–Crippen MR) is 115 cm³/mol. The number of aliphatic hydroxyl groups is 1. The fraction of sp³-hybridized carbons (Fsp3) is 0.885. The number of hydrogen-bond acceptors (Lipinski definition) is 2. The average molecular weight is 387 g/mol. The summed E-state index contributed by atoms with van der Waals surface area (Å²) in [7, 11) is 0. The molecule has 4 aliphatic carbocycles. The molecular formula is C26H42O2. The van der Waals surface area contributed by atoms with Gasteiger partial charge in [-0.2, -0.15) is 0 Å². The molecule has 0 saturated heterocycles. The van der Waals surface area contributed by atoms with E-state index in [4.69, 9.17) is 0 Å². The van der Waals surface area contributed by atoms with E-state index in [1.807, 2.05) is 6.92 Å². The maximum absolute atomic E-state index is 11.5. The molecule has 2 heteroatoms. The zero-order valence-corrected chi connectivity index (χ0v) is 18.9. The molecule has 4 aliphatic rings. The molecule has 0 radical (unpaired) electrons. The van der Waals surface area contributed by atoms with Crippen molar-refractivity contribution in [1.29, 1.82) is 0 Å². The van der Waals surface area contributed by atoms with Crippen molar-refractivity contribution in [3.05, 3.63) is 11.6 Å². The molecule has 0 amide bonds. The quantitative estimate of drug-likeness (QED) is 0.574. The zero-order chi connectivity index (χ0) is 20.3. The van der Waals surface area contributed by atoms with Crippen molar-refractivity contribution < 1.29 is 9.90 Å². The van der Waals surface area contributed by atoms with Crippen molar-refractivity contribution in [2.75, 3.05) is 0 Å². The second-order valence-electron chi connectivity index (χ2n) is 11.9. The lowest BCUT2D eigenvalue weighted by atomic mass is 9.46. The predicted octanol–water partition coefficient (Wildman–Crippen LogP) is 6.32. The van der Waals surface area contributed by atoms with Crippen LogP contribution in [0, 0.1) is 40.4 Å². The number of rotatable bonds is 4. The van der Waals surface area contributed by atoms with Gasteiger partial charge in [0.1, 0.15) is 5.78 Å². The Bertz CT molecular complexity index is 661. The van der Waals surface area contributed by atoms with Crippen molar-refractivity contribution in [3.63, 3.8) is 0 Å². The number of allylic oxidation sites excluding steroid dienone is 1. The summed E-state index contributed by atoms with van der Waals surface area (Å²) in [4.78, 5) is 11.5. The lowest BCUT2D eigenvalue weighted by Crippen LogP contribution is -2.52. The Kier molecular flexibility index (Phi) is 5.13. The van der Waals surface area contributed by atoms with Crippen LogP contribution in [0.5, 0.6) is 0 Å². The minimum Gasteiger partial charge on any atom is -0.390 e. The van der Waals surface area contributed by atoms with Crippen LogP contribution in [0.1, 0.15) is 98.8 Å². The van der Waals surface area contributed by atoms with E-state index in [1.165, 1.54) is 32.1 Å². The first-order chi connectivity index (χ1) is 13.1. The van der Waals surface area contributed by atoms with Gasteiger partial charge in [-0.15, -0.1) is 0 Å². The second-order valence-corrected chi connectivity index (χ2v) is 11.9. The van der Waals surface area contributed by atoms with E-state index in [-0.39, 0.29) is 0 Å². The molecule has 8 unspecified atom stereocenters. The zero-order valence-electron chi connectivity index (χ0n) is 18.9. The van der Waals surface area contributed by atoms with Gasteiger partial charge in [0.25, 0.3) is 0 Å². The summed E-state index contributed by atoms with van der Waals surface area (Å²) in [6.45, 7) is 11.3. The van der Waals surface area contributed by atoms with Gasteiger partial charge in [-0.05, 0) is 112 Å². The first kappa shape index (κ1) is 20.6. The topological polar surface area (TPSA) is 37.3 Å². The number of fused-ring (bicyclic) bond motifs is 5. The van der Waals surface area contributed by atoms with Crippen LogP contribution in [0.25, 0.3) is 0 Å². The number of ketones is 1. The Balaban J connectivity index is 1.55. The molecule has 0 heterocycles. The smallest absolute Gasteiger partial charge is 0.129 e. The maximum Gasteiger partial charge on any atom is 0.129 e. The lowest BCUT2D eigenvalue weighted by molar-refractivity contribution is -0.117. The molecule has 8 atom stereocenters. The summed E-state index contributed by atoms with van der Waals surface area (Å²) >= 11 is 0. The molecule has 0 aliphatic heterocycles. The number of hydrogen-bond donors (Lipinski definition) is 1. The van der Waals surface area contributed by atoms with E-state index < -0.39 is 5.60 Å². The molecule has 3 fully saturated rings. The van der Waals surface area contributed by atoms with E-state index in [1.54, 1.807) is 12.5 Å². The van der Waals surface area contributed by atoms with Crippen molar-refractivity contribution in [3.8, 4) is 0 Å². The molecule has 0 aromatic heterocycles. The highest BCUT2D eigenvalue weighted by atomic mass is 16.3. The van der Waals surface area contributed by atoms with Crippen LogP contribution in [0.15, 0.2) is 11.6 Å². The molecule has 158 valence electrons.